The van der Waals surface area contributed by atoms with Crippen molar-refractivity contribution in [2.24, 2.45) is 5.92 Å². The van der Waals surface area contributed by atoms with Crippen molar-refractivity contribution in [3.8, 4) is 5.75 Å². The van der Waals surface area contributed by atoms with Crippen LogP contribution < -0.4 is 15.4 Å². The van der Waals surface area contributed by atoms with Gasteiger partial charge in [0.25, 0.3) is 5.91 Å². The van der Waals surface area contributed by atoms with Gasteiger partial charge in [0, 0.05) is 18.2 Å². The fourth-order valence-electron chi connectivity index (χ4n) is 2.46. The van der Waals surface area contributed by atoms with E-state index < -0.39 is 0 Å². The van der Waals surface area contributed by atoms with Gasteiger partial charge in [-0.05, 0) is 43.5 Å². The average molecular weight is 262 g/mol. The van der Waals surface area contributed by atoms with Gasteiger partial charge in [0.2, 0.25) is 0 Å². The Labute approximate surface area is 114 Å². The summed E-state index contributed by atoms with van der Waals surface area (Å²) in [6, 6.07) is 7.60. The lowest BCUT2D eigenvalue weighted by atomic mass is 9.93. The third-order valence-corrected chi connectivity index (χ3v) is 3.74. The van der Waals surface area contributed by atoms with Gasteiger partial charge in [0.15, 0.2) is 0 Å². The standard InChI is InChI=1S/C15H22N2O2/c1-11-5-4-8-16-14(11)10-17-15(18)12-6-3-7-13(9-12)19-2/h3,6-7,9,11,14,16H,4-5,8,10H2,1-2H3,(H,17,18). The van der Waals surface area contributed by atoms with Gasteiger partial charge in [-0.1, -0.05) is 13.0 Å². The smallest absolute Gasteiger partial charge is 0.251 e. The molecule has 0 aliphatic carbocycles. The highest BCUT2D eigenvalue weighted by Gasteiger charge is 2.21. The predicted molar refractivity (Wildman–Crippen MR) is 75.5 cm³/mol. The van der Waals surface area contributed by atoms with Gasteiger partial charge in [-0.3, -0.25) is 4.79 Å². The number of ether oxygens (including phenoxy) is 1. The lowest BCUT2D eigenvalue weighted by Crippen LogP contribution is -2.47. The van der Waals surface area contributed by atoms with Crippen molar-refractivity contribution in [3.05, 3.63) is 29.8 Å². The first-order chi connectivity index (χ1) is 9.20. The van der Waals surface area contributed by atoms with Gasteiger partial charge in [-0.15, -0.1) is 0 Å². The van der Waals surface area contributed by atoms with Crippen LogP contribution in [0, 0.1) is 5.92 Å². The fourth-order valence-corrected chi connectivity index (χ4v) is 2.46. The van der Waals surface area contributed by atoms with E-state index in [0.29, 0.717) is 29.8 Å². The summed E-state index contributed by atoms with van der Waals surface area (Å²) < 4.78 is 5.12. The summed E-state index contributed by atoms with van der Waals surface area (Å²) in [5.41, 5.74) is 0.641. The van der Waals surface area contributed by atoms with Crippen LogP contribution in [0.4, 0.5) is 0 Å². The number of benzene rings is 1. The van der Waals surface area contributed by atoms with Crippen molar-refractivity contribution in [3.63, 3.8) is 0 Å². The van der Waals surface area contributed by atoms with Crippen molar-refractivity contribution in [1.29, 1.82) is 0 Å². The zero-order valence-corrected chi connectivity index (χ0v) is 11.6. The highest BCUT2D eigenvalue weighted by Crippen LogP contribution is 2.15. The molecule has 4 heteroatoms. The minimum absolute atomic E-state index is 0.0431. The Morgan fingerprint density at radius 2 is 2.37 bits per heavy atom. The number of rotatable bonds is 4. The molecule has 1 aromatic carbocycles. The zero-order valence-electron chi connectivity index (χ0n) is 11.6. The summed E-state index contributed by atoms with van der Waals surface area (Å²) in [7, 11) is 1.60. The number of hydrogen-bond donors (Lipinski definition) is 2. The SMILES string of the molecule is COc1cccc(C(=O)NCC2NCCCC2C)c1. The van der Waals surface area contributed by atoms with Crippen LogP contribution in [-0.4, -0.2) is 32.1 Å². The van der Waals surface area contributed by atoms with E-state index >= 15 is 0 Å². The minimum Gasteiger partial charge on any atom is -0.497 e. The van der Waals surface area contributed by atoms with Crippen LogP contribution in [0.2, 0.25) is 0 Å². The maximum Gasteiger partial charge on any atom is 0.251 e. The second-order valence-corrected chi connectivity index (χ2v) is 5.12. The van der Waals surface area contributed by atoms with Crippen LogP contribution in [0.1, 0.15) is 30.1 Å². The lowest BCUT2D eigenvalue weighted by Gasteiger charge is -2.30. The summed E-state index contributed by atoms with van der Waals surface area (Å²) in [6.07, 6.45) is 2.45. The number of nitrogens with one attached hydrogen (secondary N) is 2. The quantitative estimate of drug-likeness (QED) is 0.870. The maximum absolute atomic E-state index is 12.1. The third kappa shape index (κ3) is 3.70. The minimum atomic E-state index is -0.0431. The average Bonchev–Trinajstić information content (AvgIpc) is 2.46. The second-order valence-electron chi connectivity index (χ2n) is 5.12. The molecule has 1 aromatic rings. The Kier molecular flexibility index (Phi) is 4.80. The molecule has 1 aliphatic heterocycles. The molecule has 0 saturated carbocycles. The fraction of sp³-hybridized carbons (Fsp3) is 0.533. The molecule has 0 aromatic heterocycles. The molecule has 4 nitrogen and oxygen atoms in total. The molecule has 1 amide bonds. The lowest BCUT2D eigenvalue weighted by molar-refractivity contribution is 0.0943. The number of piperidine rings is 1. The largest absolute Gasteiger partial charge is 0.497 e. The molecule has 1 saturated heterocycles. The number of amides is 1. The van der Waals surface area contributed by atoms with Gasteiger partial charge < -0.3 is 15.4 Å². The molecule has 2 rings (SSSR count). The van der Waals surface area contributed by atoms with Crippen molar-refractivity contribution in [2.75, 3.05) is 20.2 Å². The van der Waals surface area contributed by atoms with Gasteiger partial charge >= 0.3 is 0 Å². The summed E-state index contributed by atoms with van der Waals surface area (Å²) in [4.78, 5) is 12.1. The van der Waals surface area contributed by atoms with Gasteiger partial charge in [0.05, 0.1) is 7.11 Å². The van der Waals surface area contributed by atoms with Crippen molar-refractivity contribution >= 4 is 5.91 Å². The van der Waals surface area contributed by atoms with Crippen molar-refractivity contribution in [1.82, 2.24) is 10.6 Å². The van der Waals surface area contributed by atoms with E-state index in [0.717, 1.165) is 6.54 Å². The molecule has 2 N–H and O–H groups in total. The highest BCUT2D eigenvalue weighted by molar-refractivity contribution is 5.94. The molecular formula is C15H22N2O2. The van der Waals surface area contributed by atoms with E-state index in [2.05, 4.69) is 17.6 Å². The summed E-state index contributed by atoms with van der Waals surface area (Å²) >= 11 is 0. The molecule has 0 spiro atoms. The molecule has 1 heterocycles. The van der Waals surface area contributed by atoms with E-state index in [9.17, 15) is 4.79 Å². The van der Waals surface area contributed by atoms with Crippen LogP contribution in [-0.2, 0) is 0 Å². The Balaban J connectivity index is 1.89. The molecule has 2 unspecified atom stereocenters. The molecule has 19 heavy (non-hydrogen) atoms. The Morgan fingerprint density at radius 3 is 3.11 bits per heavy atom. The zero-order chi connectivity index (χ0) is 13.7. The topological polar surface area (TPSA) is 50.4 Å². The number of methoxy groups -OCH3 is 1. The first kappa shape index (κ1) is 13.9. The van der Waals surface area contributed by atoms with Crippen molar-refractivity contribution in [2.45, 2.75) is 25.8 Å². The van der Waals surface area contributed by atoms with E-state index in [1.165, 1.54) is 12.8 Å². The normalized spacial score (nSPS) is 22.8. The van der Waals surface area contributed by atoms with Crippen LogP contribution in [0.5, 0.6) is 5.75 Å². The van der Waals surface area contributed by atoms with Crippen molar-refractivity contribution < 1.29 is 9.53 Å². The van der Waals surface area contributed by atoms with Gasteiger partial charge in [0.1, 0.15) is 5.75 Å². The molecule has 2 atom stereocenters. The Hall–Kier alpha value is -1.55. The number of hydrogen-bond acceptors (Lipinski definition) is 3. The number of carbonyl (C=O) groups excluding carboxylic acids is 1. The van der Waals surface area contributed by atoms with Crippen LogP contribution in [0.25, 0.3) is 0 Å². The first-order valence-corrected chi connectivity index (χ1v) is 6.86. The summed E-state index contributed by atoms with van der Waals surface area (Å²) in [5.74, 6) is 1.27. The summed E-state index contributed by atoms with van der Waals surface area (Å²) in [6.45, 7) is 3.95. The van der Waals surface area contributed by atoms with Crippen LogP contribution in [0.3, 0.4) is 0 Å². The molecular weight excluding hydrogens is 240 g/mol. The number of carbonyl (C=O) groups is 1. The van der Waals surface area contributed by atoms with Gasteiger partial charge in [-0.2, -0.15) is 0 Å². The molecule has 0 radical (unpaired) electrons. The molecule has 0 bridgehead atoms. The monoisotopic (exact) mass is 262 g/mol. The Morgan fingerprint density at radius 1 is 1.53 bits per heavy atom. The molecule has 104 valence electrons. The highest BCUT2D eigenvalue weighted by atomic mass is 16.5. The van der Waals surface area contributed by atoms with E-state index in [1.54, 1.807) is 19.2 Å². The predicted octanol–water partition coefficient (Wildman–Crippen LogP) is 1.81. The first-order valence-electron chi connectivity index (χ1n) is 6.86. The van der Waals surface area contributed by atoms with Gasteiger partial charge in [-0.25, -0.2) is 0 Å². The summed E-state index contributed by atoms with van der Waals surface area (Å²) in [5, 5.41) is 6.45. The molecule has 1 fully saturated rings. The Bertz CT molecular complexity index is 434. The maximum atomic E-state index is 12.1. The third-order valence-electron chi connectivity index (χ3n) is 3.74. The van der Waals surface area contributed by atoms with Crippen LogP contribution >= 0.6 is 0 Å². The second kappa shape index (κ2) is 6.57. The van der Waals surface area contributed by atoms with Crippen LogP contribution in [0.15, 0.2) is 24.3 Å². The van der Waals surface area contributed by atoms with E-state index in [4.69, 9.17) is 4.74 Å². The van der Waals surface area contributed by atoms with E-state index in [-0.39, 0.29) is 5.91 Å². The molecule has 1 aliphatic rings. The van der Waals surface area contributed by atoms with E-state index in [1.807, 2.05) is 12.1 Å².